The summed E-state index contributed by atoms with van der Waals surface area (Å²) in [5.74, 6) is 1.10. The monoisotopic (exact) mass is 341 g/mol. The van der Waals surface area contributed by atoms with Gasteiger partial charge >= 0.3 is 0 Å². The first-order valence-corrected chi connectivity index (χ1v) is 8.14. The number of nitrogens with one attached hydrogen (secondary N) is 2. The van der Waals surface area contributed by atoms with Gasteiger partial charge in [-0.15, -0.1) is 0 Å². The Balaban J connectivity index is 1.87. The second-order valence-electron chi connectivity index (χ2n) is 5.27. The van der Waals surface area contributed by atoms with Crippen molar-refractivity contribution in [1.29, 1.82) is 0 Å². The molecule has 0 spiro atoms. The van der Waals surface area contributed by atoms with E-state index in [1.807, 2.05) is 55.5 Å². The quantitative estimate of drug-likeness (QED) is 0.543. The average molecular weight is 341 g/mol. The van der Waals surface area contributed by atoms with E-state index in [9.17, 15) is 4.79 Å². The lowest BCUT2D eigenvalue weighted by atomic mass is 10.2. The molecule has 1 amide bonds. The Labute approximate surface area is 147 Å². The van der Waals surface area contributed by atoms with E-state index < -0.39 is 0 Å². The van der Waals surface area contributed by atoms with Gasteiger partial charge in [0.25, 0.3) is 5.91 Å². The lowest BCUT2D eigenvalue weighted by Crippen LogP contribution is -2.25. The van der Waals surface area contributed by atoms with Crippen molar-refractivity contribution in [3.63, 3.8) is 0 Å². The second-order valence-corrected chi connectivity index (χ2v) is 5.27. The van der Waals surface area contributed by atoms with Crippen LogP contribution in [0.15, 0.2) is 53.6 Å². The van der Waals surface area contributed by atoms with Crippen LogP contribution in [0.3, 0.4) is 0 Å². The Hall–Kier alpha value is -3.02. The van der Waals surface area contributed by atoms with E-state index in [1.54, 1.807) is 13.3 Å². The van der Waals surface area contributed by atoms with Crippen LogP contribution < -0.4 is 20.2 Å². The smallest absolute Gasteiger partial charge is 0.259 e. The van der Waals surface area contributed by atoms with Crippen molar-refractivity contribution < 1.29 is 14.3 Å². The highest BCUT2D eigenvalue weighted by Crippen LogP contribution is 2.27. The van der Waals surface area contributed by atoms with E-state index in [-0.39, 0.29) is 12.5 Å². The number of anilines is 1. The number of amides is 1. The Morgan fingerprint density at radius 3 is 2.68 bits per heavy atom. The molecule has 0 heterocycles. The minimum atomic E-state index is -0.226. The summed E-state index contributed by atoms with van der Waals surface area (Å²) in [6, 6.07) is 15.0. The fraction of sp³-hybridized carbons (Fsp3) is 0.263. The number of nitrogens with zero attached hydrogens (tertiary/aromatic N) is 1. The van der Waals surface area contributed by atoms with Crippen molar-refractivity contribution in [3.05, 3.63) is 54.1 Å². The first-order valence-electron chi connectivity index (χ1n) is 8.14. The number of benzene rings is 2. The number of para-hydroxylation sites is 1. The van der Waals surface area contributed by atoms with Gasteiger partial charge in [-0.3, -0.25) is 4.79 Å². The molecule has 0 aromatic heterocycles. The van der Waals surface area contributed by atoms with Gasteiger partial charge < -0.3 is 14.8 Å². The second kappa shape index (κ2) is 9.97. The van der Waals surface area contributed by atoms with Crippen molar-refractivity contribution >= 4 is 17.8 Å². The molecular formula is C19H23N3O3. The average Bonchev–Trinajstić information content (AvgIpc) is 2.65. The number of carbonyl (C=O) groups is 1. The van der Waals surface area contributed by atoms with Crippen LogP contribution in [0, 0.1) is 0 Å². The number of hydrogen-bond donors (Lipinski definition) is 2. The molecule has 0 radical (unpaired) electrons. The first-order chi connectivity index (χ1) is 12.2. The number of hydrogen-bond acceptors (Lipinski definition) is 5. The SMILES string of the molecule is CCCOc1cc(/C=N\NC(=O)CNc2ccccc2)ccc1OC. The number of hydrazone groups is 1. The molecule has 2 aromatic rings. The van der Waals surface area contributed by atoms with Crippen LogP contribution in [-0.2, 0) is 4.79 Å². The van der Waals surface area contributed by atoms with Crippen LogP contribution in [0.5, 0.6) is 11.5 Å². The molecule has 0 aliphatic heterocycles. The minimum absolute atomic E-state index is 0.148. The topological polar surface area (TPSA) is 72.0 Å². The van der Waals surface area contributed by atoms with Crippen molar-refractivity contribution in [1.82, 2.24) is 5.43 Å². The highest BCUT2D eigenvalue weighted by Gasteiger charge is 2.05. The molecular weight excluding hydrogens is 318 g/mol. The molecule has 0 aliphatic carbocycles. The maximum absolute atomic E-state index is 11.8. The van der Waals surface area contributed by atoms with Crippen molar-refractivity contribution in [2.24, 2.45) is 5.10 Å². The Bertz CT molecular complexity index is 702. The third kappa shape index (κ3) is 6.18. The lowest BCUT2D eigenvalue weighted by molar-refractivity contribution is -0.119. The summed E-state index contributed by atoms with van der Waals surface area (Å²) < 4.78 is 10.9. The van der Waals surface area contributed by atoms with Crippen molar-refractivity contribution in [3.8, 4) is 11.5 Å². The summed E-state index contributed by atoms with van der Waals surface area (Å²) in [6.45, 7) is 2.80. The van der Waals surface area contributed by atoms with E-state index in [2.05, 4.69) is 15.8 Å². The fourth-order valence-electron chi connectivity index (χ4n) is 2.06. The maximum Gasteiger partial charge on any atom is 0.259 e. The zero-order valence-corrected chi connectivity index (χ0v) is 14.5. The highest BCUT2D eigenvalue weighted by atomic mass is 16.5. The summed E-state index contributed by atoms with van der Waals surface area (Å²) in [5.41, 5.74) is 4.18. The summed E-state index contributed by atoms with van der Waals surface area (Å²) in [5, 5.41) is 6.99. The standard InChI is InChI=1S/C19H23N3O3/c1-3-11-25-18-12-15(9-10-17(18)24-2)13-21-22-19(23)14-20-16-7-5-4-6-8-16/h4-10,12-13,20H,3,11,14H2,1-2H3,(H,22,23)/b21-13-. The molecule has 0 aliphatic rings. The van der Waals surface area contributed by atoms with Gasteiger partial charge in [0.15, 0.2) is 11.5 Å². The third-order valence-corrected chi connectivity index (χ3v) is 3.28. The Morgan fingerprint density at radius 1 is 1.16 bits per heavy atom. The molecule has 2 N–H and O–H groups in total. The summed E-state index contributed by atoms with van der Waals surface area (Å²) in [4.78, 5) is 11.8. The van der Waals surface area contributed by atoms with Gasteiger partial charge in [-0.05, 0) is 42.3 Å². The number of methoxy groups -OCH3 is 1. The summed E-state index contributed by atoms with van der Waals surface area (Å²) in [7, 11) is 1.60. The van der Waals surface area contributed by atoms with Gasteiger partial charge in [-0.1, -0.05) is 25.1 Å². The van der Waals surface area contributed by atoms with Crippen LogP contribution in [0.25, 0.3) is 0 Å². The normalized spacial score (nSPS) is 10.5. The molecule has 6 nitrogen and oxygen atoms in total. The van der Waals surface area contributed by atoms with E-state index in [1.165, 1.54) is 0 Å². The highest BCUT2D eigenvalue weighted by molar-refractivity contribution is 5.84. The van der Waals surface area contributed by atoms with Gasteiger partial charge in [0.2, 0.25) is 0 Å². The van der Waals surface area contributed by atoms with Crippen LogP contribution in [0.1, 0.15) is 18.9 Å². The van der Waals surface area contributed by atoms with Crippen LogP contribution in [0.2, 0.25) is 0 Å². The van der Waals surface area contributed by atoms with E-state index in [4.69, 9.17) is 9.47 Å². The molecule has 25 heavy (non-hydrogen) atoms. The lowest BCUT2D eigenvalue weighted by Gasteiger charge is -2.10. The Morgan fingerprint density at radius 2 is 1.96 bits per heavy atom. The number of rotatable bonds is 9. The molecule has 0 unspecified atom stereocenters. The zero-order valence-electron chi connectivity index (χ0n) is 14.5. The largest absolute Gasteiger partial charge is 0.493 e. The zero-order chi connectivity index (χ0) is 17.9. The summed E-state index contributed by atoms with van der Waals surface area (Å²) in [6.07, 6.45) is 2.48. The molecule has 0 saturated heterocycles. The van der Waals surface area contributed by atoms with Gasteiger partial charge in [0, 0.05) is 5.69 Å². The van der Waals surface area contributed by atoms with Crippen molar-refractivity contribution in [2.45, 2.75) is 13.3 Å². The molecule has 6 heteroatoms. The molecule has 0 atom stereocenters. The predicted molar refractivity (Wildman–Crippen MR) is 99.4 cm³/mol. The minimum Gasteiger partial charge on any atom is -0.493 e. The Kier molecular flexibility index (Phi) is 7.31. The van der Waals surface area contributed by atoms with Crippen LogP contribution in [-0.4, -0.2) is 32.4 Å². The van der Waals surface area contributed by atoms with E-state index >= 15 is 0 Å². The van der Waals surface area contributed by atoms with Gasteiger partial charge in [-0.25, -0.2) is 5.43 Å². The summed E-state index contributed by atoms with van der Waals surface area (Å²) >= 11 is 0. The number of ether oxygens (including phenoxy) is 2. The molecule has 0 bridgehead atoms. The molecule has 132 valence electrons. The molecule has 0 fully saturated rings. The maximum atomic E-state index is 11.8. The molecule has 2 aromatic carbocycles. The van der Waals surface area contributed by atoms with Crippen LogP contribution in [0.4, 0.5) is 5.69 Å². The van der Waals surface area contributed by atoms with Crippen LogP contribution >= 0.6 is 0 Å². The van der Waals surface area contributed by atoms with Crippen molar-refractivity contribution in [2.75, 3.05) is 25.6 Å². The first kappa shape index (κ1) is 18.3. The third-order valence-electron chi connectivity index (χ3n) is 3.28. The number of carbonyl (C=O) groups excluding carboxylic acids is 1. The van der Waals surface area contributed by atoms with E-state index in [0.29, 0.717) is 18.1 Å². The van der Waals surface area contributed by atoms with E-state index in [0.717, 1.165) is 17.7 Å². The van der Waals surface area contributed by atoms with Gasteiger partial charge in [0.05, 0.1) is 26.5 Å². The molecule has 2 rings (SSSR count). The predicted octanol–water partition coefficient (Wildman–Crippen LogP) is 3.05. The van der Waals surface area contributed by atoms with Gasteiger partial charge in [0.1, 0.15) is 0 Å². The fourth-order valence-corrected chi connectivity index (χ4v) is 2.06. The molecule has 0 saturated carbocycles. The van der Waals surface area contributed by atoms with Gasteiger partial charge in [-0.2, -0.15) is 5.10 Å².